The maximum atomic E-state index is 13.3. The quantitative estimate of drug-likeness (QED) is 0.574. The van der Waals surface area contributed by atoms with Gasteiger partial charge in [0.25, 0.3) is 0 Å². The van der Waals surface area contributed by atoms with Crippen molar-refractivity contribution in [2.75, 3.05) is 7.11 Å². The van der Waals surface area contributed by atoms with E-state index in [4.69, 9.17) is 16.3 Å². The van der Waals surface area contributed by atoms with Gasteiger partial charge in [-0.1, -0.05) is 23.7 Å². The number of hydrogen-bond donors (Lipinski definition) is 0. The monoisotopic (exact) mass is 446 g/mol. The minimum Gasteiger partial charge on any atom is -0.497 e. The molecule has 0 N–H and O–H groups in total. The highest BCUT2D eigenvalue weighted by Crippen LogP contribution is 2.36. The molecule has 1 aromatic heterocycles. The topological polar surface area (TPSA) is 44.1 Å². The average Bonchev–Trinajstić information content (AvgIpc) is 2.58. The number of hydrogen-bond acceptors (Lipinski definition) is 3. The molecule has 26 heavy (non-hydrogen) atoms. The molecular weight excluding hydrogens is 437 g/mol. The number of ether oxygens (including phenoxy) is 1. The van der Waals surface area contributed by atoms with Gasteiger partial charge in [0.1, 0.15) is 5.75 Å². The van der Waals surface area contributed by atoms with Crippen molar-refractivity contribution >= 4 is 38.4 Å². The Morgan fingerprint density at radius 1 is 1.23 bits per heavy atom. The fourth-order valence-corrected chi connectivity index (χ4v) is 3.05. The smallest absolute Gasteiger partial charge is 0.434 e. The summed E-state index contributed by atoms with van der Waals surface area (Å²) in [5, 5.41) is -0.141. The van der Waals surface area contributed by atoms with Crippen molar-refractivity contribution in [1.82, 2.24) is 9.55 Å². The molecule has 4 nitrogen and oxygen atoms in total. The summed E-state index contributed by atoms with van der Waals surface area (Å²) in [6.07, 6.45) is -4.77. The molecule has 2 aromatic carbocycles. The van der Waals surface area contributed by atoms with Gasteiger partial charge in [-0.2, -0.15) is 18.2 Å². The summed E-state index contributed by atoms with van der Waals surface area (Å²) in [6, 6.07) is 9.39. The van der Waals surface area contributed by atoms with Crippen LogP contribution in [0, 0.1) is 0 Å². The van der Waals surface area contributed by atoms with Crippen molar-refractivity contribution in [3.63, 3.8) is 0 Å². The van der Waals surface area contributed by atoms with E-state index in [-0.39, 0.29) is 22.5 Å². The van der Waals surface area contributed by atoms with Crippen molar-refractivity contribution in [1.29, 1.82) is 0 Å². The van der Waals surface area contributed by atoms with E-state index < -0.39 is 17.6 Å². The number of benzene rings is 2. The van der Waals surface area contributed by atoms with Gasteiger partial charge in [0, 0.05) is 9.86 Å². The molecule has 1 heterocycles. The van der Waals surface area contributed by atoms with Crippen molar-refractivity contribution in [2.45, 2.75) is 12.7 Å². The molecule has 3 rings (SSSR count). The lowest BCUT2D eigenvalue weighted by molar-refractivity contribution is -0.140. The number of halogens is 5. The van der Waals surface area contributed by atoms with Gasteiger partial charge in [0.15, 0.2) is 5.69 Å². The molecule has 0 saturated heterocycles. The second-order valence-corrected chi connectivity index (χ2v) is 6.72. The first-order valence-electron chi connectivity index (χ1n) is 7.30. The van der Waals surface area contributed by atoms with Crippen LogP contribution in [0.4, 0.5) is 13.2 Å². The minimum absolute atomic E-state index is 0.0541. The summed E-state index contributed by atoms with van der Waals surface area (Å²) in [6.45, 7) is 0.0541. The second-order valence-electron chi connectivity index (χ2n) is 5.46. The van der Waals surface area contributed by atoms with E-state index in [0.29, 0.717) is 15.8 Å². The van der Waals surface area contributed by atoms with Crippen LogP contribution in [-0.2, 0) is 12.7 Å². The van der Waals surface area contributed by atoms with Crippen LogP contribution >= 0.6 is 27.5 Å². The van der Waals surface area contributed by atoms with Gasteiger partial charge in [0.2, 0.25) is 0 Å². The first-order valence-corrected chi connectivity index (χ1v) is 8.47. The summed E-state index contributed by atoms with van der Waals surface area (Å²) >= 11 is 9.14. The second kappa shape index (κ2) is 6.92. The number of aromatic nitrogens is 2. The Kier molecular flexibility index (Phi) is 4.98. The molecular formula is C17H11BrClF3N2O2. The molecule has 0 spiro atoms. The highest BCUT2D eigenvalue weighted by atomic mass is 79.9. The summed E-state index contributed by atoms with van der Waals surface area (Å²) in [5.74, 6) is 0.631. The average molecular weight is 448 g/mol. The minimum atomic E-state index is -4.77. The van der Waals surface area contributed by atoms with Gasteiger partial charge in [-0.15, -0.1) is 0 Å². The summed E-state index contributed by atoms with van der Waals surface area (Å²) in [5.41, 5.74) is -1.45. The number of nitrogens with zero attached hydrogens (tertiary/aromatic N) is 2. The third kappa shape index (κ3) is 3.57. The molecule has 0 bridgehead atoms. The Hall–Kier alpha value is -2.06. The molecule has 3 aromatic rings. The molecule has 0 saturated carbocycles. The fourth-order valence-electron chi connectivity index (χ4n) is 2.55. The Labute approximate surface area is 159 Å². The van der Waals surface area contributed by atoms with E-state index in [1.165, 1.54) is 17.7 Å². The van der Waals surface area contributed by atoms with E-state index in [1.54, 1.807) is 24.3 Å². The van der Waals surface area contributed by atoms with E-state index in [2.05, 4.69) is 20.9 Å². The van der Waals surface area contributed by atoms with Gasteiger partial charge in [0.05, 0.1) is 24.2 Å². The normalized spacial score (nSPS) is 11.8. The molecule has 0 fully saturated rings. The van der Waals surface area contributed by atoms with Crippen molar-refractivity contribution in [3.05, 3.63) is 67.6 Å². The largest absolute Gasteiger partial charge is 0.497 e. The molecule has 0 radical (unpaired) electrons. The van der Waals surface area contributed by atoms with Crippen LogP contribution in [0.15, 0.2) is 45.7 Å². The highest BCUT2D eigenvalue weighted by molar-refractivity contribution is 9.10. The standard InChI is InChI=1S/C17H11BrClF3N2O2/c1-26-10-4-2-9(3-5-10)8-24-14-7-12(18)13(19)6-11(14)15(17(20,21)22)23-16(24)25/h2-7H,8H2,1H3. The molecule has 0 amide bonds. The maximum absolute atomic E-state index is 13.3. The molecule has 0 aliphatic rings. The first kappa shape index (κ1) is 18.7. The summed E-state index contributed by atoms with van der Waals surface area (Å²) < 4.78 is 46.5. The zero-order valence-electron chi connectivity index (χ0n) is 13.3. The van der Waals surface area contributed by atoms with Crippen LogP contribution in [0.25, 0.3) is 10.9 Å². The maximum Gasteiger partial charge on any atom is 0.434 e. The predicted molar refractivity (Wildman–Crippen MR) is 95.8 cm³/mol. The van der Waals surface area contributed by atoms with Gasteiger partial charge < -0.3 is 4.74 Å². The van der Waals surface area contributed by atoms with Crippen LogP contribution in [0.5, 0.6) is 5.75 Å². The van der Waals surface area contributed by atoms with E-state index >= 15 is 0 Å². The Morgan fingerprint density at radius 2 is 1.88 bits per heavy atom. The number of alkyl halides is 3. The molecule has 0 aliphatic heterocycles. The highest BCUT2D eigenvalue weighted by Gasteiger charge is 2.36. The lowest BCUT2D eigenvalue weighted by Crippen LogP contribution is -2.28. The molecule has 0 aliphatic carbocycles. The lowest BCUT2D eigenvalue weighted by atomic mass is 10.1. The fraction of sp³-hybridized carbons (Fsp3) is 0.176. The van der Waals surface area contributed by atoms with Gasteiger partial charge >= 0.3 is 11.9 Å². The number of rotatable bonds is 3. The summed E-state index contributed by atoms with van der Waals surface area (Å²) in [4.78, 5) is 15.6. The van der Waals surface area contributed by atoms with E-state index in [1.807, 2.05) is 0 Å². The summed E-state index contributed by atoms with van der Waals surface area (Å²) in [7, 11) is 1.52. The Bertz CT molecular complexity index is 1030. The lowest BCUT2D eigenvalue weighted by Gasteiger charge is -2.15. The van der Waals surface area contributed by atoms with Gasteiger partial charge in [-0.3, -0.25) is 4.57 Å². The van der Waals surface area contributed by atoms with Gasteiger partial charge in [-0.25, -0.2) is 4.79 Å². The zero-order chi connectivity index (χ0) is 19.1. The van der Waals surface area contributed by atoms with Crippen LogP contribution in [0.2, 0.25) is 5.02 Å². The van der Waals surface area contributed by atoms with Crippen LogP contribution in [-0.4, -0.2) is 16.7 Å². The van der Waals surface area contributed by atoms with Crippen molar-refractivity contribution in [3.8, 4) is 5.75 Å². The van der Waals surface area contributed by atoms with Crippen molar-refractivity contribution < 1.29 is 17.9 Å². The molecule has 0 unspecified atom stereocenters. The third-order valence-corrected chi connectivity index (χ3v) is 4.99. The number of fused-ring (bicyclic) bond motifs is 1. The number of methoxy groups -OCH3 is 1. The van der Waals surface area contributed by atoms with Crippen LogP contribution in [0.1, 0.15) is 11.3 Å². The SMILES string of the molecule is COc1ccc(Cn2c(=O)nc(C(F)(F)F)c3cc(Cl)c(Br)cc32)cc1. The van der Waals surface area contributed by atoms with Gasteiger partial charge in [-0.05, 0) is 45.8 Å². The zero-order valence-corrected chi connectivity index (χ0v) is 15.6. The predicted octanol–water partition coefficient (Wildman–Crippen LogP) is 4.89. The third-order valence-electron chi connectivity index (χ3n) is 3.79. The molecule has 136 valence electrons. The Balaban J connectivity index is 2.23. The van der Waals surface area contributed by atoms with E-state index in [0.717, 1.165) is 6.07 Å². The van der Waals surface area contributed by atoms with Crippen molar-refractivity contribution in [2.24, 2.45) is 0 Å². The molecule has 9 heteroatoms. The molecule has 0 atom stereocenters. The van der Waals surface area contributed by atoms with E-state index in [9.17, 15) is 18.0 Å². The first-order chi connectivity index (χ1) is 12.2. The van der Waals surface area contributed by atoms with Crippen LogP contribution < -0.4 is 10.4 Å². The van der Waals surface area contributed by atoms with Crippen LogP contribution in [0.3, 0.4) is 0 Å². The Morgan fingerprint density at radius 3 is 2.46 bits per heavy atom.